The van der Waals surface area contributed by atoms with Gasteiger partial charge in [-0.1, -0.05) is 17.7 Å². The van der Waals surface area contributed by atoms with Crippen molar-refractivity contribution >= 4 is 11.7 Å². The van der Waals surface area contributed by atoms with Crippen molar-refractivity contribution in [3.63, 3.8) is 0 Å². The second-order valence-electron chi connectivity index (χ2n) is 4.22. The highest BCUT2D eigenvalue weighted by Gasteiger charge is 2.15. The summed E-state index contributed by atoms with van der Waals surface area (Å²) in [5, 5.41) is 18.6. The van der Waals surface area contributed by atoms with Crippen LogP contribution in [-0.4, -0.2) is 49.1 Å². The van der Waals surface area contributed by atoms with E-state index in [-0.39, 0.29) is 19.7 Å². The van der Waals surface area contributed by atoms with Gasteiger partial charge in [-0.25, -0.2) is 0 Å². The number of aliphatic carboxylic acids is 1. The Balaban J connectivity index is 2.77. The fourth-order valence-electron chi connectivity index (χ4n) is 1.68. The SMILES string of the molecule is COCC(O)CN(CC(=O)O)c1ccc(C)cc1. The first-order chi connectivity index (χ1) is 8.52. The number of rotatable bonds is 7. The minimum atomic E-state index is -0.930. The maximum absolute atomic E-state index is 10.8. The molecule has 0 radical (unpaired) electrons. The lowest BCUT2D eigenvalue weighted by molar-refractivity contribution is -0.135. The van der Waals surface area contributed by atoms with Crippen LogP contribution in [0.2, 0.25) is 0 Å². The maximum Gasteiger partial charge on any atom is 0.323 e. The van der Waals surface area contributed by atoms with Gasteiger partial charge >= 0.3 is 5.97 Å². The number of aliphatic hydroxyl groups is 1. The number of hydrogen-bond donors (Lipinski definition) is 2. The van der Waals surface area contributed by atoms with E-state index in [1.54, 1.807) is 4.90 Å². The van der Waals surface area contributed by atoms with Gasteiger partial charge in [0.15, 0.2) is 0 Å². The van der Waals surface area contributed by atoms with E-state index < -0.39 is 12.1 Å². The van der Waals surface area contributed by atoms with Crippen LogP contribution in [0, 0.1) is 6.92 Å². The van der Waals surface area contributed by atoms with E-state index in [2.05, 4.69) is 0 Å². The van der Waals surface area contributed by atoms with Gasteiger partial charge in [0.05, 0.1) is 12.7 Å². The third kappa shape index (κ3) is 4.73. The van der Waals surface area contributed by atoms with Crippen molar-refractivity contribution in [1.82, 2.24) is 0 Å². The number of aryl methyl sites for hydroxylation is 1. The van der Waals surface area contributed by atoms with Crippen molar-refractivity contribution in [2.75, 3.05) is 31.7 Å². The van der Waals surface area contributed by atoms with Crippen molar-refractivity contribution in [1.29, 1.82) is 0 Å². The molecule has 0 bridgehead atoms. The van der Waals surface area contributed by atoms with Crippen LogP contribution in [-0.2, 0) is 9.53 Å². The highest BCUT2D eigenvalue weighted by molar-refractivity contribution is 5.73. The molecule has 18 heavy (non-hydrogen) atoms. The number of carboxylic acids is 1. The van der Waals surface area contributed by atoms with E-state index in [1.807, 2.05) is 31.2 Å². The van der Waals surface area contributed by atoms with Crippen molar-refractivity contribution in [2.45, 2.75) is 13.0 Å². The summed E-state index contributed by atoms with van der Waals surface area (Å²) in [5.41, 5.74) is 1.88. The number of methoxy groups -OCH3 is 1. The molecule has 1 aromatic rings. The molecular weight excluding hydrogens is 234 g/mol. The number of hydrogen-bond acceptors (Lipinski definition) is 4. The Hall–Kier alpha value is -1.59. The monoisotopic (exact) mass is 253 g/mol. The zero-order valence-electron chi connectivity index (χ0n) is 10.7. The Labute approximate surface area is 107 Å². The van der Waals surface area contributed by atoms with Crippen molar-refractivity contribution in [3.05, 3.63) is 29.8 Å². The molecule has 0 amide bonds. The molecule has 0 aromatic heterocycles. The summed E-state index contributed by atoms with van der Waals surface area (Å²) in [5.74, 6) is -0.930. The van der Waals surface area contributed by atoms with Gasteiger partial charge < -0.3 is 19.8 Å². The van der Waals surface area contributed by atoms with E-state index >= 15 is 0 Å². The van der Waals surface area contributed by atoms with Gasteiger partial charge in [-0.05, 0) is 19.1 Å². The molecule has 5 nitrogen and oxygen atoms in total. The number of nitrogens with zero attached hydrogens (tertiary/aromatic N) is 1. The lowest BCUT2D eigenvalue weighted by Gasteiger charge is -2.25. The molecule has 2 N–H and O–H groups in total. The first-order valence-electron chi connectivity index (χ1n) is 5.73. The summed E-state index contributed by atoms with van der Waals surface area (Å²) in [4.78, 5) is 12.5. The highest BCUT2D eigenvalue weighted by atomic mass is 16.5. The van der Waals surface area contributed by atoms with Crippen LogP contribution in [0.4, 0.5) is 5.69 Å². The van der Waals surface area contributed by atoms with Crippen molar-refractivity contribution < 1.29 is 19.7 Å². The van der Waals surface area contributed by atoms with Gasteiger partial charge in [-0.2, -0.15) is 0 Å². The van der Waals surface area contributed by atoms with E-state index in [1.165, 1.54) is 7.11 Å². The van der Waals surface area contributed by atoms with Gasteiger partial charge in [0, 0.05) is 19.3 Å². The lowest BCUT2D eigenvalue weighted by Crippen LogP contribution is -2.38. The van der Waals surface area contributed by atoms with E-state index in [0.717, 1.165) is 11.3 Å². The Bertz CT molecular complexity index is 377. The molecule has 5 heteroatoms. The number of carboxylic acid groups (broad SMARTS) is 1. The minimum absolute atomic E-state index is 0.149. The third-order valence-corrected chi connectivity index (χ3v) is 2.52. The summed E-state index contributed by atoms with van der Waals surface area (Å²) < 4.78 is 4.84. The molecule has 1 rings (SSSR count). The number of carbonyl (C=O) groups is 1. The van der Waals surface area contributed by atoms with Crippen molar-refractivity contribution in [3.8, 4) is 0 Å². The summed E-state index contributed by atoms with van der Waals surface area (Å²) in [6.07, 6.45) is -0.712. The van der Waals surface area contributed by atoms with Gasteiger partial charge in [0.2, 0.25) is 0 Å². The molecular formula is C13H19NO4. The Kier molecular flexibility index (Phi) is 5.61. The van der Waals surface area contributed by atoms with Crippen LogP contribution in [0.3, 0.4) is 0 Å². The second-order valence-corrected chi connectivity index (χ2v) is 4.22. The summed E-state index contributed by atoms with van der Waals surface area (Å²) in [6.45, 7) is 2.22. The van der Waals surface area contributed by atoms with Crippen LogP contribution in [0.5, 0.6) is 0 Å². The number of ether oxygens (including phenoxy) is 1. The molecule has 1 aromatic carbocycles. The molecule has 100 valence electrons. The summed E-state index contributed by atoms with van der Waals surface area (Å²) >= 11 is 0. The molecule has 1 atom stereocenters. The highest BCUT2D eigenvalue weighted by Crippen LogP contribution is 2.15. The fraction of sp³-hybridized carbons (Fsp3) is 0.462. The summed E-state index contributed by atoms with van der Waals surface area (Å²) in [6, 6.07) is 7.51. The van der Waals surface area contributed by atoms with E-state index in [9.17, 15) is 9.90 Å². The van der Waals surface area contributed by atoms with Crippen LogP contribution in [0.15, 0.2) is 24.3 Å². The first kappa shape index (κ1) is 14.5. The minimum Gasteiger partial charge on any atom is -0.480 e. The molecule has 0 heterocycles. The smallest absolute Gasteiger partial charge is 0.323 e. The fourth-order valence-corrected chi connectivity index (χ4v) is 1.68. The standard InChI is InChI=1S/C13H19NO4/c1-10-3-5-11(6-4-10)14(8-13(16)17)7-12(15)9-18-2/h3-6,12,15H,7-9H2,1-2H3,(H,16,17). The Morgan fingerprint density at radius 3 is 2.50 bits per heavy atom. The predicted octanol–water partition coefficient (Wildman–Crippen LogP) is 0.893. The zero-order valence-corrected chi connectivity index (χ0v) is 10.7. The van der Waals surface area contributed by atoms with Crippen LogP contribution in [0.1, 0.15) is 5.56 Å². The van der Waals surface area contributed by atoms with Gasteiger partial charge in [0.25, 0.3) is 0 Å². The predicted molar refractivity (Wildman–Crippen MR) is 68.9 cm³/mol. The van der Waals surface area contributed by atoms with E-state index in [4.69, 9.17) is 9.84 Å². The lowest BCUT2D eigenvalue weighted by atomic mass is 10.2. The number of benzene rings is 1. The molecule has 1 unspecified atom stereocenters. The quantitative estimate of drug-likeness (QED) is 0.755. The summed E-state index contributed by atoms with van der Waals surface area (Å²) in [7, 11) is 1.50. The molecule has 0 saturated carbocycles. The maximum atomic E-state index is 10.8. The van der Waals surface area contributed by atoms with Crippen molar-refractivity contribution in [2.24, 2.45) is 0 Å². The van der Waals surface area contributed by atoms with Gasteiger partial charge in [0.1, 0.15) is 6.54 Å². The molecule has 0 aliphatic rings. The molecule has 0 aliphatic carbocycles. The Morgan fingerprint density at radius 1 is 1.39 bits per heavy atom. The number of anilines is 1. The normalized spacial score (nSPS) is 12.2. The van der Waals surface area contributed by atoms with Gasteiger partial charge in [-0.15, -0.1) is 0 Å². The zero-order chi connectivity index (χ0) is 13.5. The average Bonchev–Trinajstić information content (AvgIpc) is 2.28. The Morgan fingerprint density at radius 2 is 2.00 bits per heavy atom. The van der Waals surface area contributed by atoms with E-state index in [0.29, 0.717) is 0 Å². The third-order valence-electron chi connectivity index (χ3n) is 2.52. The molecule has 0 saturated heterocycles. The molecule has 0 fully saturated rings. The molecule has 0 spiro atoms. The average molecular weight is 253 g/mol. The largest absolute Gasteiger partial charge is 0.480 e. The number of aliphatic hydroxyl groups excluding tert-OH is 1. The molecule has 0 aliphatic heterocycles. The first-order valence-corrected chi connectivity index (χ1v) is 5.73. The van der Waals surface area contributed by atoms with Crippen LogP contribution >= 0.6 is 0 Å². The topological polar surface area (TPSA) is 70.0 Å². The second kappa shape index (κ2) is 6.98. The van der Waals surface area contributed by atoms with Crippen LogP contribution < -0.4 is 4.90 Å². The van der Waals surface area contributed by atoms with Crippen LogP contribution in [0.25, 0.3) is 0 Å². The van der Waals surface area contributed by atoms with Gasteiger partial charge in [-0.3, -0.25) is 4.79 Å².